The molecule has 0 aliphatic carbocycles. The highest BCUT2D eigenvalue weighted by Crippen LogP contribution is 2.10. The number of nitrogens with one attached hydrogen (secondary N) is 2. The van der Waals surface area contributed by atoms with E-state index in [1.807, 2.05) is 24.3 Å². The van der Waals surface area contributed by atoms with Crippen LogP contribution in [0.4, 0.5) is 0 Å². The van der Waals surface area contributed by atoms with Crippen LogP contribution in [0, 0.1) is 5.92 Å². The van der Waals surface area contributed by atoms with Gasteiger partial charge in [-0.1, -0.05) is 37.6 Å². The van der Waals surface area contributed by atoms with E-state index in [2.05, 4.69) is 24.5 Å². The molecule has 0 spiro atoms. The molecule has 112 valence electrons. The van der Waals surface area contributed by atoms with Gasteiger partial charge in [-0.25, -0.2) is 0 Å². The highest BCUT2D eigenvalue weighted by atomic mass is 35.5. The number of carbonyl (C=O) groups is 1. The van der Waals surface area contributed by atoms with E-state index in [0.717, 1.165) is 36.5 Å². The SMILES string of the molecule is CC(C)CCNCCC(=O)NCCc1cccc(Cl)c1. The summed E-state index contributed by atoms with van der Waals surface area (Å²) in [6.07, 6.45) is 2.50. The molecule has 0 saturated carbocycles. The van der Waals surface area contributed by atoms with Crippen molar-refractivity contribution >= 4 is 17.5 Å². The summed E-state index contributed by atoms with van der Waals surface area (Å²) in [5, 5.41) is 6.95. The molecule has 0 atom stereocenters. The quantitative estimate of drug-likeness (QED) is 0.688. The van der Waals surface area contributed by atoms with Crippen LogP contribution in [-0.4, -0.2) is 25.5 Å². The summed E-state index contributed by atoms with van der Waals surface area (Å²) in [6.45, 7) is 6.78. The zero-order valence-electron chi connectivity index (χ0n) is 12.4. The van der Waals surface area contributed by atoms with Crippen LogP contribution in [-0.2, 0) is 11.2 Å². The predicted molar refractivity (Wildman–Crippen MR) is 85.1 cm³/mol. The average molecular weight is 297 g/mol. The summed E-state index contributed by atoms with van der Waals surface area (Å²) in [5.41, 5.74) is 1.15. The Morgan fingerprint density at radius 1 is 1.25 bits per heavy atom. The third-order valence-corrected chi connectivity index (χ3v) is 3.29. The first-order valence-corrected chi connectivity index (χ1v) is 7.67. The van der Waals surface area contributed by atoms with Crippen molar-refractivity contribution in [2.24, 2.45) is 5.92 Å². The van der Waals surface area contributed by atoms with E-state index in [4.69, 9.17) is 11.6 Å². The smallest absolute Gasteiger partial charge is 0.221 e. The molecule has 1 aromatic rings. The lowest BCUT2D eigenvalue weighted by Crippen LogP contribution is -2.29. The lowest BCUT2D eigenvalue weighted by atomic mass is 10.1. The molecular weight excluding hydrogens is 272 g/mol. The van der Waals surface area contributed by atoms with E-state index in [9.17, 15) is 4.79 Å². The van der Waals surface area contributed by atoms with Crippen LogP contribution >= 0.6 is 11.6 Å². The van der Waals surface area contributed by atoms with E-state index in [1.165, 1.54) is 0 Å². The molecule has 1 aromatic carbocycles. The topological polar surface area (TPSA) is 41.1 Å². The van der Waals surface area contributed by atoms with Crippen molar-refractivity contribution in [3.63, 3.8) is 0 Å². The van der Waals surface area contributed by atoms with Gasteiger partial charge in [0.05, 0.1) is 0 Å². The summed E-state index contributed by atoms with van der Waals surface area (Å²) < 4.78 is 0. The summed E-state index contributed by atoms with van der Waals surface area (Å²) in [6, 6.07) is 7.73. The number of hydrogen-bond acceptors (Lipinski definition) is 2. The van der Waals surface area contributed by atoms with Gasteiger partial charge in [0.2, 0.25) is 5.91 Å². The standard InChI is InChI=1S/C16H25ClN2O/c1-13(2)6-9-18-10-8-16(20)19-11-7-14-4-3-5-15(17)12-14/h3-5,12-13,18H,6-11H2,1-2H3,(H,19,20). The van der Waals surface area contributed by atoms with Gasteiger partial charge in [-0.05, 0) is 43.0 Å². The predicted octanol–water partition coefficient (Wildman–Crippen LogP) is 3.02. The Labute approximate surface area is 127 Å². The minimum atomic E-state index is 0.101. The van der Waals surface area contributed by atoms with Crippen LogP contribution in [0.3, 0.4) is 0 Å². The van der Waals surface area contributed by atoms with Crippen molar-refractivity contribution in [1.29, 1.82) is 0 Å². The van der Waals surface area contributed by atoms with Crippen LogP contribution in [0.2, 0.25) is 5.02 Å². The first-order valence-electron chi connectivity index (χ1n) is 7.30. The molecule has 0 radical (unpaired) electrons. The van der Waals surface area contributed by atoms with Crippen LogP contribution in [0.5, 0.6) is 0 Å². The first kappa shape index (κ1) is 17.0. The van der Waals surface area contributed by atoms with Gasteiger partial charge in [-0.3, -0.25) is 4.79 Å². The third kappa shape index (κ3) is 8.18. The molecule has 0 bridgehead atoms. The summed E-state index contributed by atoms with van der Waals surface area (Å²) in [5.74, 6) is 0.804. The van der Waals surface area contributed by atoms with Crippen molar-refractivity contribution in [2.45, 2.75) is 33.1 Å². The highest BCUT2D eigenvalue weighted by Gasteiger charge is 2.01. The number of hydrogen-bond donors (Lipinski definition) is 2. The summed E-state index contributed by atoms with van der Waals surface area (Å²) in [4.78, 5) is 11.6. The lowest BCUT2D eigenvalue weighted by Gasteiger charge is -2.08. The van der Waals surface area contributed by atoms with Crippen LogP contribution < -0.4 is 10.6 Å². The molecule has 0 aliphatic heterocycles. The van der Waals surface area contributed by atoms with Gasteiger partial charge in [0, 0.05) is 24.5 Å². The molecule has 0 heterocycles. The summed E-state index contributed by atoms with van der Waals surface area (Å²) >= 11 is 5.91. The van der Waals surface area contributed by atoms with Gasteiger partial charge in [0.25, 0.3) is 0 Å². The Kier molecular flexibility index (Phi) is 8.31. The maximum atomic E-state index is 11.6. The Balaban J connectivity index is 2.05. The molecule has 1 amide bonds. The monoisotopic (exact) mass is 296 g/mol. The van der Waals surface area contributed by atoms with Crippen LogP contribution in [0.1, 0.15) is 32.3 Å². The normalized spacial score (nSPS) is 10.8. The lowest BCUT2D eigenvalue weighted by molar-refractivity contribution is -0.120. The van der Waals surface area contributed by atoms with E-state index < -0.39 is 0 Å². The van der Waals surface area contributed by atoms with Gasteiger partial charge in [-0.2, -0.15) is 0 Å². The maximum Gasteiger partial charge on any atom is 0.221 e. The van der Waals surface area contributed by atoms with E-state index in [-0.39, 0.29) is 5.91 Å². The van der Waals surface area contributed by atoms with Crippen LogP contribution in [0.15, 0.2) is 24.3 Å². The molecule has 0 unspecified atom stereocenters. The second kappa shape index (κ2) is 9.78. The van der Waals surface area contributed by atoms with Crippen molar-refractivity contribution < 1.29 is 4.79 Å². The van der Waals surface area contributed by atoms with Crippen molar-refractivity contribution in [3.8, 4) is 0 Å². The van der Waals surface area contributed by atoms with Crippen molar-refractivity contribution in [3.05, 3.63) is 34.9 Å². The Hall–Kier alpha value is -1.06. The fourth-order valence-electron chi connectivity index (χ4n) is 1.84. The Bertz CT molecular complexity index is 407. The van der Waals surface area contributed by atoms with Gasteiger partial charge in [-0.15, -0.1) is 0 Å². The number of benzene rings is 1. The molecule has 1 rings (SSSR count). The van der Waals surface area contributed by atoms with Crippen molar-refractivity contribution in [2.75, 3.05) is 19.6 Å². The molecular formula is C16H25ClN2O. The van der Waals surface area contributed by atoms with Gasteiger partial charge in [0.1, 0.15) is 0 Å². The summed E-state index contributed by atoms with van der Waals surface area (Å²) in [7, 11) is 0. The number of carbonyl (C=O) groups excluding carboxylic acids is 1. The molecule has 2 N–H and O–H groups in total. The molecule has 3 nitrogen and oxygen atoms in total. The highest BCUT2D eigenvalue weighted by molar-refractivity contribution is 6.30. The average Bonchev–Trinajstić information content (AvgIpc) is 2.38. The Morgan fingerprint density at radius 3 is 2.75 bits per heavy atom. The molecule has 20 heavy (non-hydrogen) atoms. The molecule has 0 saturated heterocycles. The first-order chi connectivity index (χ1) is 9.58. The third-order valence-electron chi connectivity index (χ3n) is 3.05. The minimum Gasteiger partial charge on any atom is -0.356 e. The number of amides is 1. The zero-order valence-corrected chi connectivity index (χ0v) is 13.2. The second-order valence-electron chi connectivity index (χ2n) is 5.41. The fourth-order valence-corrected chi connectivity index (χ4v) is 2.06. The van der Waals surface area contributed by atoms with Gasteiger partial charge in [0.15, 0.2) is 0 Å². The van der Waals surface area contributed by atoms with E-state index in [0.29, 0.717) is 18.9 Å². The number of rotatable bonds is 9. The van der Waals surface area contributed by atoms with Crippen molar-refractivity contribution in [1.82, 2.24) is 10.6 Å². The minimum absolute atomic E-state index is 0.101. The fraction of sp³-hybridized carbons (Fsp3) is 0.562. The maximum absolute atomic E-state index is 11.6. The number of halogens is 1. The van der Waals surface area contributed by atoms with E-state index in [1.54, 1.807) is 0 Å². The second-order valence-corrected chi connectivity index (χ2v) is 5.85. The molecule has 0 fully saturated rings. The van der Waals surface area contributed by atoms with Gasteiger partial charge >= 0.3 is 0 Å². The Morgan fingerprint density at radius 2 is 2.05 bits per heavy atom. The molecule has 4 heteroatoms. The molecule has 0 aromatic heterocycles. The zero-order chi connectivity index (χ0) is 14.8. The van der Waals surface area contributed by atoms with E-state index >= 15 is 0 Å². The van der Waals surface area contributed by atoms with Gasteiger partial charge < -0.3 is 10.6 Å². The van der Waals surface area contributed by atoms with Crippen LogP contribution in [0.25, 0.3) is 0 Å². The molecule has 0 aliphatic rings. The largest absolute Gasteiger partial charge is 0.356 e.